The largest absolute Gasteiger partial charge is 0.490 e. The van der Waals surface area contributed by atoms with E-state index in [1.54, 1.807) is 18.2 Å². The fraction of sp³-hybridized carbons (Fsp3) is 0.263. The molecule has 2 aromatic carbocycles. The van der Waals surface area contributed by atoms with Gasteiger partial charge >= 0.3 is 5.69 Å². The molecule has 0 atom stereocenters. The van der Waals surface area contributed by atoms with Crippen LogP contribution >= 0.6 is 0 Å². The summed E-state index contributed by atoms with van der Waals surface area (Å²) in [5, 5.41) is 13.8. The summed E-state index contributed by atoms with van der Waals surface area (Å²) in [6.07, 6.45) is 0. The number of anilines is 1. The smallest absolute Gasteiger partial charge is 0.311 e. The van der Waals surface area contributed by atoms with Crippen LogP contribution in [0.25, 0.3) is 11.1 Å². The van der Waals surface area contributed by atoms with Gasteiger partial charge in [-0.15, -0.1) is 0 Å². The Bertz CT molecular complexity index is 1030. The molecule has 8 nitrogen and oxygen atoms in total. The quantitative estimate of drug-likeness (QED) is 0.543. The van der Waals surface area contributed by atoms with Gasteiger partial charge in [0.2, 0.25) is 5.89 Å². The molecule has 0 aliphatic rings. The van der Waals surface area contributed by atoms with Gasteiger partial charge in [-0.1, -0.05) is 20.8 Å². The number of amides is 1. The SMILES string of the molecule is COc1ccc(C(=O)Nc2ccc3oc(C(C)(C)C)nc3c2)cc1[N+](=O)[O-]. The number of hydrogen-bond acceptors (Lipinski definition) is 6. The van der Waals surface area contributed by atoms with Gasteiger partial charge < -0.3 is 14.5 Å². The lowest BCUT2D eigenvalue weighted by molar-refractivity contribution is -0.385. The molecule has 0 aliphatic heterocycles. The van der Waals surface area contributed by atoms with E-state index in [9.17, 15) is 14.9 Å². The Kier molecular flexibility index (Phi) is 4.57. The minimum atomic E-state index is -0.592. The molecule has 1 N–H and O–H groups in total. The van der Waals surface area contributed by atoms with Gasteiger partial charge in [-0.2, -0.15) is 0 Å². The Morgan fingerprint density at radius 2 is 1.96 bits per heavy atom. The number of carbonyl (C=O) groups is 1. The second-order valence-electron chi connectivity index (χ2n) is 7.05. The third-order valence-electron chi connectivity index (χ3n) is 3.92. The number of nitrogens with one attached hydrogen (secondary N) is 1. The zero-order valence-electron chi connectivity index (χ0n) is 15.4. The van der Waals surface area contributed by atoms with E-state index in [-0.39, 0.29) is 22.4 Å². The van der Waals surface area contributed by atoms with Gasteiger partial charge in [0.05, 0.1) is 12.0 Å². The van der Waals surface area contributed by atoms with Crippen LogP contribution in [0.5, 0.6) is 5.75 Å². The fourth-order valence-electron chi connectivity index (χ4n) is 2.50. The predicted molar refractivity (Wildman–Crippen MR) is 100 cm³/mol. The number of rotatable bonds is 4. The van der Waals surface area contributed by atoms with Gasteiger partial charge in [-0.05, 0) is 30.3 Å². The van der Waals surface area contributed by atoms with E-state index in [0.29, 0.717) is 22.7 Å². The molecule has 0 unspecified atom stereocenters. The summed E-state index contributed by atoms with van der Waals surface area (Å²) < 4.78 is 10.7. The van der Waals surface area contributed by atoms with Crippen molar-refractivity contribution < 1.29 is 18.9 Å². The molecule has 0 aliphatic carbocycles. The highest BCUT2D eigenvalue weighted by Gasteiger charge is 2.21. The molecule has 0 saturated carbocycles. The average molecular weight is 369 g/mol. The molecular weight excluding hydrogens is 350 g/mol. The van der Waals surface area contributed by atoms with Crippen LogP contribution in [0.4, 0.5) is 11.4 Å². The summed E-state index contributed by atoms with van der Waals surface area (Å²) in [6.45, 7) is 5.99. The van der Waals surface area contributed by atoms with Crippen molar-refractivity contribution in [3.63, 3.8) is 0 Å². The van der Waals surface area contributed by atoms with Crippen LogP contribution in [-0.4, -0.2) is 22.9 Å². The van der Waals surface area contributed by atoms with Crippen molar-refractivity contribution in [1.82, 2.24) is 4.98 Å². The van der Waals surface area contributed by atoms with Crippen molar-refractivity contribution in [3.05, 3.63) is 58.0 Å². The molecule has 0 saturated heterocycles. The molecule has 1 aromatic heterocycles. The van der Waals surface area contributed by atoms with Crippen molar-refractivity contribution in [3.8, 4) is 5.75 Å². The minimum Gasteiger partial charge on any atom is -0.490 e. The molecule has 27 heavy (non-hydrogen) atoms. The minimum absolute atomic E-state index is 0.0928. The maximum absolute atomic E-state index is 12.5. The van der Waals surface area contributed by atoms with E-state index in [0.717, 1.165) is 0 Å². The van der Waals surface area contributed by atoms with E-state index in [4.69, 9.17) is 9.15 Å². The molecule has 1 amide bonds. The zero-order chi connectivity index (χ0) is 19.8. The number of hydrogen-bond donors (Lipinski definition) is 1. The number of carbonyl (C=O) groups excluding carboxylic acids is 1. The van der Waals surface area contributed by atoms with Gasteiger partial charge in [0.1, 0.15) is 5.52 Å². The summed E-state index contributed by atoms with van der Waals surface area (Å²) in [5.74, 6) is 0.224. The summed E-state index contributed by atoms with van der Waals surface area (Å²) in [7, 11) is 1.33. The molecule has 1 heterocycles. The molecule has 0 fully saturated rings. The zero-order valence-corrected chi connectivity index (χ0v) is 15.4. The Morgan fingerprint density at radius 3 is 2.59 bits per heavy atom. The van der Waals surface area contributed by atoms with Crippen molar-refractivity contribution in [2.45, 2.75) is 26.2 Å². The first-order chi connectivity index (χ1) is 12.7. The van der Waals surface area contributed by atoms with Crippen LogP contribution in [0.15, 0.2) is 40.8 Å². The van der Waals surface area contributed by atoms with Crippen molar-refractivity contribution in [2.24, 2.45) is 0 Å². The molecule has 0 radical (unpaired) electrons. The van der Waals surface area contributed by atoms with Gasteiger partial charge in [0, 0.05) is 22.7 Å². The average Bonchev–Trinajstić information content (AvgIpc) is 3.04. The van der Waals surface area contributed by atoms with Gasteiger partial charge in [0.25, 0.3) is 5.91 Å². The first-order valence-electron chi connectivity index (χ1n) is 8.24. The maximum Gasteiger partial charge on any atom is 0.311 e. The van der Waals surface area contributed by atoms with Crippen LogP contribution in [0.1, 0.15) is 37.0 Å². The Balaban J connectivity index is 1.87. The van der Waals surface area contributed by atoms with Gasteiger partial charge in [-0.25, -0.2) is 4.98 Å². The first-order valence-corrected chi connectivity index (χ1v) is 8.24. The van der Waals surface area contributed by atoms with E-state index in [1.165, 1.54) is 25.3 Å². The second-order valence-corrected chi connectivity index (χ2v) is 7.05. The highest BCUT2D eigenvalue weighted by molar-refractivity contribution is 6.05. The second kappa shape index (κ2) is 6.71. The number of nitro benzene ring substituents is 1. The summed E-state index contributed by atoms with van der Waals surface area (Å²) in [4.78, 5) is 27.5. The van der Waals surface area contributed by atoms with Crippen molar-refractivity contribution >= 4 is 28.4 Å². The fourth-order valence-corrected chi connectivity index (χ4v) is 2.50. The number of fused-ring (bicyclic) bond motifs is 1. The highest BCUT2D eigenvalue weighted by atomic mass is 16.6. The third kappa shape index (κ3) is 3.74. The van der Waals surface area contributed by atoms with E-state index in [1.807, 2.05) is 20.8 Å². The molecular formula is C19H19N3O5. The first kappa shape index (κ1) is 18.4. The number of nitrogens with zero attached hydrogens (tertiary/aromatic N) is 2. The number of aromatic nitrogens is 1. The highest BCUT2D eigenvalue weighted by Crippen LogP contribution is 2.29. The lowest BCUT2D eigenvalue weighted by Gasteiger charge is -2.11. The van der Waals surface area contributed by atoms with Crippen LogP contribution < -0.4 is 10.1 Å². The van der Waals surface area contributed by atoms with Crippen molar-refractivity contribution in [2.75, 3.05) is 12.4 Å². The number of nitro groups is 1. The standard InChI is InChI=1S/C19H19N3O5/c1-19(2,3)18-21-13-10-12(6-8-15(13)27-18)20-17(23)11-5-7-16(26-4)14(9-11)22(24)25/h5-10H,1-4H3,(H,20,23). The van der Waals surface area contributed by atoms with E-state index >= 15 is 0 Å². The Hall–Kier alpha value is -3.42. The van der Waals surface area contributed by atoms with Crippen molar-refractivity contribution in [1.29, 1.82) is 0 Å². The molecule has 0 bridgehead atoms. The van der Waals surface area contributed by atoms with E-state index < -0.39 is 10.8 Å². The number of ether oxygens (including phenoxy) is 1. The Labute approximate surface area is 155 Å². The van der Waals surface area contributed by atoms with Crippen LogP contribution in [0.3, 0.4) is 0 Å². The monoisotopic (exact) mass is 369 g/mol. The molecule has 140 valence electrons. The normalized spacial score (nSPS) is 11.4. The summed E-state index contributed by atoms with van der Waals surface area (Å²) >= 11 is 0. The lowest BCUT2D eigenvalue weighted by atomic mass is 9.97. The van der Waals surface area contributed by atoms with Crippen LogP contribution in [-0.2, 0) is 5.41 Å². The van der Waals surface area contributed by atoms with Crippen LogP contribution in [0.2, 0.25) is 0 Å². The summed E-state index contributed by atoms with van der Waals surface area (Å²) in [5.41, 5.74) is 1.41. The number of oxazole rings is 1. The number of methoxy groups -OCH3 is 1. The van der Waals surface area contributed by atoms with Gasteiger partial charge in [-0.3, -0.25) is 14.9 Å². The van der Waals surface area contributed by atoms with Gasteiger partial charge in [0.15, 0.2) is 11.3 Å². The van der Waals surface area contributed by atoms with E-state index in [2.05, 4.69) is 10.3 Å². The molecule has 0 spiro atoms. The number of benzene rings is 2. The molecule has 8 heteroatoms. The maximum atomic E-state index is 12.5. The topological polar surface area (TPSA) is 108 Å². The third-order valence-corrected chi connectivity index (χ3v) is 3.92. The predicted octanol–water partition coefficient (Wildman–Crippen LogP) is 4.29. The van der Waals surface area contributed by atoms with Crippen LogP contribution in [0, 0.1) is 10.1 Å². The molecule has 3 aromatic rings. The summed E-state index contributed by atoms with van der Waals surface area (Å²) in [6, 6.07) is 9.15. The Morgan fingerprint density at radius 1 is 1.22 bits per heavy atom. The lowest BCUT2D eigenvalue weighted by Crippen LogP contribution is -2.12. The molecule has 3 rings (SSSR count).